The Labute approximate surface area is 182 Å². The molecule has 0 aliphatic carbocycles. The smallest absolute Gasteiger partial charge is 0.238 e. The maximum absolute atomic E-state index is 13.7. The molecule has 1 amide bonds. The van der Waals surface area contributed by atoms with Crippen molar-refractivity contribution in [2.24, 2.45) is 0 Å². The first kappa shape index (κ1) is 24.5. The summed E-state index contributed by atoms with van der Waals surface area (Å²) in [6, 6.07) is 5.70. The summed E-state index contributed by atoms with van der Waals surface area (Å²) in [5.74, 6) is -5.61. The second-order valence-corrected chi connectivity index (χ2v) is 9.36. The van der Waals surface area contributed by atoms with Crippen LogP contribution in [-0.4, -0.2) is 44.6 Å². The lowest BCUT2D eigenvalue weighted by molar-refractivity contribution is -0.117. The maximum Gasteiger partial charge on any atom is 0.238 e. The molecule has 0 atom stereocenters. The molecule has 0 fully saturated rings. The molecule has 5 nitrogen and oxygen atoms in total. The standard InChI is InChI=1S/C19H19Cl2F3N2O3S/c1-2-7-26(8-9-30(28,29)16-10-12(20)3-4-13(16)21)11-17(27)25-15-6-5-14(22)18(23)19(15)24/h3-6,10H,2,7-9,11H2,1H3,(H,25,27). The number of anilines is 1. The van der Waals surface area contributed by atoms with Gasteiger partial charge in [-0.25, -0.2) is 21.6 Å². The summed E-state index contributed by atoms with van der Waals surface area (Å²) in [5, 5.41) is 2.42. The van der Waals surface area contributed by atoms with Gasteiger partial charge in [0, 0.05) is 11.6 Å². The average molecular weight is 483 g/mol. The Morgan fingerprint density at radius 2 is 1.77 bits per heavy atom. The minimum atomic E-state index is -3.78. The van der Waals surface area contributed by atoms with Crippen LogP contribution in [0.25, 0.3) is 0 Å². The van der Waals surface area contributed by atoms with Gasteiger partial charge in [0.05, 0.1) is 27.9 Å². The third kappa shape index (κ3) is 6.34. The fraction of sp³-hybridized carbons (Fsp3) is 0.316. The zero-order chi connectivity index (χ0) is 22.5. The van der Waals surface area contributed by atoms with E-state index in [9.17, 15) is 26.4 Å². The molecule has 0 aliphatic rings. The van der Waals surface area contributed by atoms with Gasteiger partial charge in [0.1, 0.15) is 0 Å². The summed E-state index contributed by atoms with van der Waals surface area (Å²) in [6.45, 7) is 1.94. The molecule has 30 heavy (non-hydrogen) atoms. The summed E-state index contributed by atoms with van der Waals surface area (Å²) < 4.78 is 65.2. The van der Waals surface area contributed by atoms with E-state index >= 15 is 0 Å². The molecule has 0 aromatic heterocycles. The van der Waals surface area contributed by atoms with Crippen LogP contribution in [0.5, 0.6) is 0 Å². The van der Waals surface area contributed by atoms with Crippen LogP contribution in [0, 0.1) is 17.5 Å². The van der Waals surface area contributed by atoms with Gasteiger partial charge in [-0.05, 0) is 43.3 Å². The predicted octanol–water partition coefficient (Wildman–Crippen LogP) is 4.54. The van der Waals surface area contributed by atoms with Crippen LogP contribution < -0.4 is 5.32 Å². The number of sulfone groups is 1. The molecule has 2 aromatic rings. The van der Waals surface area contributed by atoms with E-state index in [0.29, 0.717) is 19.0 Å². The minimum Gasteiger partial charge on any atom is -0.322 e. The highest BCUT2D eigenvalue weighted by molar-refractivity contribution is 7.91. The lowest BCUT2D eigenvalue weighted by atomic mass is 10.2. The Balaban J connectivity index is 2.06. The monoisotopic (exact) mass is 482 g/mol. The predicted molar refractivity (Wildman–Crippen MR) is 110 cm³/mol. The molecule has 0 unspecified atom stereocenters. The van der Waals surface area contributed by atoms with Gasteiger partial charge >= 0.3 is 0 Å². The SMILES string of the molecule is CCCN(CCS(=O)(=O)c1cc(Cl)ccc1Cl)CC(=O)Nc1ccc(F)c(F)c1F. The van der Waals surface area contributed by atoms with Crippen molar-refractivity contribution in [3.8, 4) is 0 Å². The number of nitrogens with zero attached hydrogens (tertiary/aromatic N) is 1. The number of halogens is 5. The average Bonchev–Trinajstić information content (AvgIpc) is 2.68. The van der Waals surface area contributed by atoms with Gasteiger partial charge < -0.3 is 5.32 Å². The Morgan fingerprint density at radius 3 is 2.43 bits per heavy atom. The van der Waals surface area contributed by atoms with Crippen LogP contribution in [0.4, 0.5) is 18.9 Å². The second kappa shape index (κ2) is 10.5. The number of carbonyl (C=O) groups is 1. The summed E-state index contributed by atoms with van der Waals surface area (Å²) in [7, 11) is -3.78. The zero-order valence-electron chi connectivity index (χ0n) is 15.9. The summed E-state index contributed by atoms with van der Waals surface area (Å²) >= 11 is 11.8. The number of carbonyl (C=O) groups excluding carboxylic acids is 1. The first-order valence-corrected chi connectivity index (χ1v) is 11.3. The number of rotatable bonds is 9. The molecule has 11 heteroatoms. The highest BCUT2D eigenvalue weighted by atomic mass is 35.5. The van der Waals surface area contributed by atoms with Crippen LogP contribution in [0.2, 0.25) is 10.0 Å². The Kier molecular flexibility index (Phi) is 8.54. The Bertz CT molecular complexity index is 1040. The van der Waals surface area contributed by atoms with Crippen molar-refractivity contribution in [2.75, 3.05) is 30.7 Å². The molecule has 0 heterocycles. The van der Waals surface area contributed by atoms with Gasteiger partial charge in [-0.3, -0.25) is 9.69 Å². The van der Waals surface area contributed by atoms with Gasteiger partial charge in [0.2, 0.25) is 5.91 Å². The minimum absolute atomic E-state index is 0.00725. The lowest BCUT2D eigenvalue weighted by Crippen LogP contribution is -2.37. The van der Waals surface area contributed by atoms with Crippen LogP contribution in [-0.2, 0) is 14.6 Å². The zero-order valence-corrected chi connectivity index (χ0v) is 18.2. The molecule has 2 aromatic carbocycles. The number of hydrogen-bond acceptors (Lipinski definition) is 4. The van der Waals surface area contributed by atoms with Crippen molar-refractivity contribution in [1.29, 1.82) is 0 Å². The molecular weight excluding hydrogens is 464 g/mol. The van der Waals surface area contributed by atoms with Crippen LogP contribution in [0.15, 0.2) is 35.2 Å². The molecule has 0 aliphatic heterocycles. The summed E-state index contributed by atoms with van der Waals surface area (Å²) in [5.41, 5.74) is -0.506. The summed E-state index contributed by atoms with van der Waals surface area (Å²) in [4.78, 5) is 13.7. The Morgan fingerprint density at radius 1 is 1.07 bits per heavy atom. The number of nitrogens with one attached hydrogen (secondary N) is 1. The first-order valence-electron chi connectivity index (χ1n) is 8.88. The Hall–Kier alpha value is -1.81. The normalized spacial score (nSPS) is 11.7. The van der Waals surface area contributed by atoms with E-state index in [0.717, 1.165) is 6.07 Å². The molecule has 164 valence electrons. The van der Waals surface area contributed by atoms with Crippen LogP contribution in [0.1, 0.15) is 13.3 Å². The van der Waals surface area contributed by atoms with Crippen molar-refractivity contribution in [1.82, 2.24) is 4.90 Å². The van der Waals surface area contributed by atoms with E-state index in [1.807, 2.05) is 6.92 Å². The molecule has 0 saturated heterocycles. The highest BCUT2D eigenvalue weighted by Gasteiger charge is 2.22. The van der Waals surface area contributed by atoms with Crippen molar-refractivity contribution in [2.45, 2.75) is 18.2 Å². The van der Waals surface area contributed by atoms with Gasteiger partial charge in [-0.2, -0.15) is 0 Å². The first-order chi connectivity index (χ1) is 14.0. The fourth-order valence-corrected chi connectivity index (χ4v) is 4.77. The second-order valence-electron chi connectivity index (χ2n) is 6.44. The largest absolute Gasteiger partial charge is 0.322 e. The topological polar surface area (TPSA) is 66.5 Å². The van der Waals surface area contributed by atoms with Crippen LogP contribution in [0.3, 0.4) is 0 Å². The van der Waals surface area contributed by atoms with E-state index in [1.54, 1.807) is 4.90 Å². The maximum atomic E-state index is 13.7. The van der Waals surface area contributed by atoms with Crippen molar-refractivity contribution >= 4 is 44.6 Å². The van der Waals surface area contributed by atoms with E-state index in [1.165, 1.54) is 18.2 Å². The van der Waals surface area contributed by atoms with Gasteiger partial charge in [0.15, 0.2) is 27.3 Å². The number of amides is 1. The van der Waals surface area contributed by atoms with E-state index in [4.69, 9.17) is 23.2 Å². The number of benzene rings is 2. The number of hydrogen-bond donors (Lipinski definition) is 1. The summed E-state index contributed by atoms with van der Waals surface area (Å²) in [6.07, 6.45) is 0.616. The molecular formula is C19H19Cl2F3N2O3S. The highest BCUT2D eigenvalue weighted by Crippen LogP contribution is 2.26. The van der Waals surface area contributed by atoms with Crippen LogP contribution >= 0.6 is 23.2 Å². The lowest BCUT2D eigenvalue weighted by Gasteiger charge is -2.21. The molecule has 0 saturated carbocycles. The quantitative estimate of drug-likeness (QED) is 0.533. The van der Waals surface area contributed by atoms with E-state index in [-0.39, 0.29) is 33.8 Å². The molecule has 0 radical (unpaired) electrons. The molecule has 0 spiro atoms. The molecule has 1 N–H and O–H groups in total. The van der Waals surface area contributed by atoms with Crippen molar-refractivity contribution < 1.29 is 26.4 Å². The van der Waals surface area contributed by atoms with Crippen molar-refractivity contribution in [3.63, 3.8) is 0 Å². The molecule has 2 rings (SSSR count). The third-order valence-electron chi connectivity index (χ3n) is 4.12. The van der Waals surface area contributed by atoms with E-state index < -0.39 is 38.9 Å². The van der Waals surface area contributed by atoms with Gasteiger partial charge in [0.25, 0.3) is 0 Å². The van der Waals surface area contributed by atoms with E-state index in [2.05, 4.69) is 5.32 Å². The third-order valence-corrected chi connectivity index (χ3v) is 6.53. The van der Waals surface area contributed by atoms with Gasteiger partial charge in [-0.15, -0.1) is 0 Å². The fourth-order valence-electron chi connectivity index (χ4n) is 2.68. The van der Waals surface area contributed by atoms with Crippen molar-refractivity contribution in [3.05, 3.63) is 57.8 Å². The van der Waals surface area contributed by atoms with Gasteiger partial charge in [-0.1, -0.05) is 30.1 Å². The molecule has 0 bridgehead atoms.